The molecule has 6 nitrogen and oxygen atoms in total. The van der Waals surface area contributed by atoms with Gasteiger partial charge in [-0.05, 0) is 42.4 Å². The minimum absolute atomic E-state index is 0.0922. The molecule has 0 atom stereocenters. The third kappa shape index (κ3) is 4.71. The molecule has 2 fully saturated rings. The fraction of sp³-hybridized carbons (Fsp3) is 0.345. The molecule has 6 rings (SSSR count). The monoisotopic (exact) mass is 465 g/mol. The summed E-state index contributed by atoms with van der Waals surface area (Å²) in [5.41, 5.74) is 3.54. The minimum Gasteiger partial charge on any atom is -0.393 e. The summed E-state index contributed by atoms with van der Waals surface area (Å²) in [6.45, 7) is 3.59. The number of nitrogens with zero attached hydrogens (tertiary/aromatic N) is 5. The molecule has 1 aliphatic heterocycles. The van der Waals surface area contributed by atoms with E-state index >= 15 is 0 Å². The van der Waals surface area contributed by atoms with E-state index in [4.69, 9.17) is 10.1 Å². The van der Waals surface area contributed by atoms with Crippen LogP contribution in [0.3, 0.4) is 0 Å². The van der Waals surface area contributed by atoms with Gasteiger partial charge in [-0.25, -0.2) is 4.98 Å². The van der Waals surface area contributed by atoms with E-state index in [9.17, 15) is 5.11 Å². The Labute approximate surface area is 206 Å². The summed E-state index contributed by atoms with van der Waals surface area (Å²) in [5.74, 6) is 2.62. The molecule has 35 heavy (non-hydrogen) atoms. The van der Waals surface area contributed by atoms with Gasteiger partial charge in [0.25, 0.3) is 0 Å². The number of aliphatic hydroxyl groups excluding tert-OH is 1. The first-order valence-electron chi connectivity index (χ1n) is 12.6. The summed E-state index contributed by atoms with van der Waals surface area (Å²) in [5, 5.41) is 21.2. The molecule has 0 radical (unpaired) electrons. The van der Waals surface area contributed by atoms with Crippen LogP contribution in [-0.4, -0.2) is 52.6 Å². The second-order valence-corrected chi connectivity index (χ2v) is 9.87. The van der Waals surface area contributed by atoms with Gasteiger partial charge < -0.3 is 14.9 Å². The first kappa shape index (κ1) is 22.0. The second kappa shape index (κ2) is 9.62. The van der Waals surface area contributed by atoms with Crippen molar-refractivity contribution in [3.05, 3.63) is 89.7 Å². The Morgan fingerprint density at radius 1 is 0.743 bits per heavy atom. The van der Waals surface area contributed by atoms with E-state index in [1.165, 1.54) is 21.9 Å². The number of pyridine rings is 1. The van der Waals surface area contributed by atoms with Crippen molar-refractivity contribution in [1.29, 1.82) is 0 Å². The van der Waals surface area contributed by atoms with Crippen LogP contribution in [0.25, 0.3) is 10.8 Å². The number of aliphatic hydroxyl groups is 1. The van der Waals surface area contributed by atoms with E-state index in [-0.39, 0.29) is 6.10 Å². The van der Waals surface area contributed by atoms with Crippen LogP contribution in [0.5, 0.6) is 0 Å². The zero-order chi connectivity index (χ0) is 23.6. The van der Waals surface area contributed by atoms with E-state index < -0.39 is 0 Å². The third-order valence-corrected chi connectivity index (χ3v) is 7.41. The molecule has 0 amide bonds. The maximum Gasteiger partial charge on any atom is 0.159 e. The molecular weight excluding hydrogens is 434 g/mol. The van der Waals surface area contributed by atoms with Crippen LogP contribution in [0.1, 0.15) is 29.7 Å². The number of fused-ring (bicyclic) bond motifs is 1. The fourth-order valence-corrected chi connectivity index (χ4v) is 5.37. The molecule has 6 heteroatoms. The summed E-state index contributed by atoms with van der Waals surface area (Å²) in [7, 11) is 0. The van der Waals surface area contributed by atoms with Gasteiger partial charge in [0.05, 0.1) is 11.8 Å². The van der Waals surface area contributed by atoms with E-state index in [2.05, 4.69) is 75.6 Å². The molecule has 0 spiro atoms. The first-order valence-corrected chi connectivity index (χ1v) is 12.6. The van der Waals surface area contributed by atoms with Gasteiger partial charge in [0.2, 0.25) is 0 Å². The number of aromatic nitrogens is 3. The van der Waals surface area contributed by atoms with Crippen LogP contribution in [0.4, 0.5) is 11.6 Å². The largest absolute Gasteiger partial charge is 0.393 e. The van der Waals surface area contributed by atoms with Crippen molar-refractivity contribution >= 4 is 22.4 Å². The average molecular weight is 466 g/mol. The van der Waals surface area contributed by atoms with Crippen molar-refractivity contribution in [1.82, 2.24) is 15.2 Å². The first-order chi connectivity index (χ1) is 17.2. The Morgan fingerprint density at radius 2 is 1.46 bits per heavy atom. The van der Waals surface area contributed by atoms with E-state index in [0.717, 1.165) is 69.2 Å². The Hall–Kier alpha value is -3.51. The van der Waals surface area contributed by atoms with Crippen LogP contribution in [0.15, 0.2) is 72.9 Å². The van der Waals surface area contributed by atoms with E-state index in [0.29, 0.717) is 5.92 Å². The molecule has 2 aromatic heterocycles. The highest BCUT2D eigenvalue weighted by Gasteiger charge is 2.27. The Kier molecular flexibility index (Phi) is 6.05. The van der Waals surface area contributed by atoms with Gasteiger partial charge in [0, 0.05) is 49.6 Å². The third-order valence-electron chi connectivity index (χ3n) is 7.41. The van der Waals surface area contributed by atoms with Crippen molar-refractivity contribution in [2.45, 2.75) is 31.8 Å². The number of hydrogen-bond donors (Lipinski definition) is 1. The summed E-state index contributed by atoms with van der Waals surface area (Å²) in [6.07, 6.45) is 5.57. The molecule has 4 aromatic rings. The van der Waals surface area contributed by atoms with Crippen LogP contribution < -0.4 is 9.80 Å². The lowest BCUT2D eigenvalue weighted by molar-refractivity contribution is 0.0432. The van der Waals surface area contributed by atoms with Gasteiger partial charge in [-0.2, -0.15) is 5.10 Å². The van der Waals surface area contributed by atoms with Crippen LogP contribution in [-0.2, 0) is 12.8 Å². The van der Waals surface area contributed by atoms with Crippen LogP contribution in [0.2, 0.25) is 0 Å². The summed E-state index contributed by atoms with van der Waals surface area (Å²) in [4.78, 5) is 9.46. The standard InChI is InChI=1S/C29H31N5O/c35-24-17-23(18-24)16-22-10-11-28(30-20-22)33-12-14-34(15-13-33)29-26-9-5-4-8-25(26)27(31-32-29)19-21-6-2-1-3-7-21/h1-11,20,23-24,35H,12-19H2. The number of benzene rings is 2. The summed E-state index contributed by atoms with van der Waals surface area (Å²) < 4.78 is 0. The molecule has 178 valence electrons. The number of anilines is 2. The predicted octanol–water partition coefficient (Wildman–Crippen LogP) is 4.26. The predicted molar refractivity (Wildman–Crippen MR) is 140 cm³/mol. The van der Waals surface area contributed by atoms with Crippen molar-refractivity contribution in [2.24, 2.45) is 5.92 Å². The van der Waals surface area contributed by atoms with Crippen molar-refractivity contribution in [2.75, 3.05) is 36.0 Å². The molecule has 2 aromatic carbocycles. The minimum atomic E-state index is -0.0922. The highest BCUT2D eigenvalue weighted by molar-refractivity contribution is 5.93. The zero-order valence-corrected chi connectivity index (χ0v) is 19.9. The Morgan fingerprint density at radius 3 is 2.17 bits per heavy atom. The van der Waals surface area contributed by atoms with Crippen molar-refractivity contribution in [3.8, 4) is 0 Å². The SMILES string of the molecule is OC1CC(Cc2ccc(N3CCN(c4nnc(Cc5ccccc5)c5ccccc45)CC3)nc2)C1. The smallest absolute Gasteiger partial charge is 0.159 e. The zero-order valence-electron chi connectivity index (χ0n) is 19.9. The molecule has 1 aliphatic carbocycles. The van der Waals surface area contributed by atoms with Gasteiger partial charge in [-0.1, -0.05) is 60.7 Å². The van der Waals surface area contributed by atoms with Crippen molar-refractivity contribution < 1.29 is 5.11 Å². The molecule has 2 aliphatic rings. The number of piperazine rings is 1. The van der Waals surface area contributed by atoms with Crippen LogP contribution >= 0.6 is 0 Å². The summed E-state index contributed by atoms with van der Waals surface area (Å²) >= 11 is 0. The lowest BCUT2D eigenvalue weighted by atomic mass is 9.79. The maximum atomic E-state index is 9.51. The lowest BCUT2D eigenvalue weighted by Crippen LogP contribution is -2.47. The highest BCUT2D eigenvalue weighted by Crippen LogP contribution is 2.31. The van der Waals surface area contributed by atoms with Gasteiger partial charge in [-0.15, -0.1) is 5.10 Å². The quantitative estimate of drug-likeness (QED) is 0.459. The van der Waals surface area contributed by atoms with Gasteiger partial charge >= 0.3 is 0 Å². The lowest BCUT2D eigenvalue weighted by Gasteiger charge is -2.36. The fourth-order valence-electron chi connectivity index (χ4n) is 5.37. The van der Waals surface area contributed by atoms with Crippen LogP contribution in [0, 0.1) is 5.92 Å². The molecule has 3 heterocycles. The topological polar surface area (TPSA) is 65.4 Å². The Balaban J connectivity index is 1.14. The molecule has 0 bridgehead atoms. The molecule has 1 saturated heterocycles. The Bertz CT molecular complexity index is 1280. The second-order valence-electron chi connectivity index (χ2n) is 9.87. The average Bonchev–Trinajstić information content (AvgIpc) is 2.89. The normalized spacial score (nSPS) is 20.1. The van der Waals surface area contributed by atoms with E-state index in [1.807, 2.05) is 12.3 Å². The number of rotatable bonds is 6. The molecular formula is C29H31N5O. The molecule has 1 saturated carbocycles. The van der Waals surface area contributed by atoms with Gasteiger partial charge in [0.1, 0.15) is 5.82 Å². The highest BCUT2D eigenvalue weighted by atomic mass is 16.3. The van der Waals surface area contributed by atoms with Gasteiger partial charge in [0.15, 0.2) is 5.82 Å². The molecule has 0 unspecified atom stereocenters. The van der Waals surface area contributed by atoms with Crippen molar-refractivity contribution in [3.63, 3.8) is 0 Å². The maximum absolute atomic E-state index is 9.51. The van der Waals surface area contributed by atoms with Gasteiger partial charge in [-0.3, -0.25) is 0 Å². The molecule has 1 N–H and O–H groups in total. The number of hydrogen-bond acceptors (Lipinski definition) is 6. The summed E-state index contributed by atoms with van der Waals surface area (Å²) in [6, 6.07) is 23.3. The van der Waals surface area contributed by atoms with E-state index in [1.54, 1.807) is 0 Å².